The summed E-state index contributed by atoms with van der Waals surface area (Å²) < 4.78 is 0. The highest BCUT2D eigenvalue weighted by molar-refractivity contribution is 6.30. The highest BCUT2D eigenvalue weighted by Crippen LogP contribution is 2.35. The zero-order valence-corrected chi connectivity index (χ0v) is 22.1. The Hall–Kier alpha value is -2.92. The van der Waals surface area contributed by atoms with Crippen molar-refractivity contribution in [2.45, 2.75) is 32.9 Å². The zero-order chi connectivity index (χ0) is 25.1. The Morgan fingerprint density at radius 1 is 0.750 bits per heavy atom. The summed E-state index contributed by atoms with van der Waals surface area (Å²) in [7, 11) is 0. The third kappa shape index (κ3) is 5.27. The molecule has 1 fully saturated rings. The molecule has 2 unspecified atom stereocenters. The van der Waals surface area contributed by atoms with Gasteiger partial charge in [0.2, 0.25) is 0 Å². The van der Waals surface area contributed by atoms with Crippen molar-refractivity contribution in [3.8, 4) is 11.4 Å². The van der Waals surface area contributed by atoms with Crippen LogP contribution in [-0.2, 0) is 0 Å². The van der Waals surface area contributed by atoms with Gasteiger partial charge in [0.05, 0.1) is 17.8 Å². The van der Waals surface area contributed by atoms with Gasteiger partial charge in [0.1, 0.15) is 5.82 Å². The molecule has 0 spiro atoms. The number of aromatic nitrogens is 2. The van der Waals surface area contributed by atoms with Gasteiger partial charge in [-0.15, -0.1) is 0 Å². The van der Waals surface area contributed by atoms with Crippen molar-refractivity contribution in [2.75, 3.05) is 26.2 Å². The lowest BCUT2D eigenvalue weighted by Gasteiger charge is -2.43. The minimum absolute atomic E-state index is 0.222. The molecule has 3 aromatic carbocycles. The predicted octanol–water partition coefficient (Wildman–Crippen LogP) is 7.14. The van der Waals surface area contributed by atoms with Gasteiger partial charge in [0.25, 0.3) is 0 Å². The summed E-state index contributed by atoms with van der Waals surface area (Å²) in [6.07, 6.45) is 0. The minimum atomic E-state index is 0.222. The Kier molecular flexibility index (Phi) is 7.56. The topological polar surface area (TPSA) is 35.2 Å². The van der Waals surface area contributed by atoms with Crippen LogP contribution in [0.2, 0.25) is 5.02 Å². The normalized spacial score (nSPS) is 16.8. The Bertz CT molecular complexity index is 1240. The van der Waals surface area contributed by atoms with Crippen molar-refractivity contribution in [1.82, 2.24) is 19.8 Å². The lowest BCUT2D eigenvalue weighted by molar-refractivity contribution is 0.0599. The summed E-state index contributed by atoms with van der Waals surface area (Å²) >= 11 is 6.21. The first-order valence-corrected chi connectivity index (χ1v) is 13.3. The number of imidazole rings is 1. The van der Waals surface area contributed by atoms with Crippen molar-refractivity contribution in [2.24, 2.45) is 5.92 Å². The molecule has 1 N–H and O–H groups in total. The van der Waals surface area contributed by atoms with E-state index in [9.17, 15) is 0 Å². The maximum Gasteiger partial charge on any atom is 0.137 e. The number of benzene rings is 3. The van der Waals surface area contributed by atoms with E-state index in [1.54, 1.807) is 0 Å². The standard InChI is InChI=1S/C31H35ClN4/c1-22(2)29(28-23(3)33-31(34-28)26-12-8-5-9-13-26)35-18-20-36(21-19-35)30(24-10-6-4-7-11-24)25-14-16-27(32)17-15-25/h4-17,22,29-30H,18-21H2,1-3H3,(H,33,34). The highest BCUT2D eigenvalue weighted by Gasteiger charge is 2.33. The van der Waals surface area contributed by atoms with Gasteiger partial charge in [-0.05, 0) is 36.1 Å². The van der Waals surface area contributed by atoms with Gasteiger partial charge < -0.3 is 4.98 Å². The summed E-state index contributed by atoms with van der Waals surface area (Å²) in [5.41, 5.74) is 6.08. The fourth-order valence-electron chi connectivity index (χ4n) is 5.57. The van der Waals surface area contributed by atoms with Crippen LogP contribution in [-0.4, -0.2) is 45.9 Å². The summed E-state index contributed by atoms with van der Waals surface area (Å²) in [4.78, 5) is 13.9. The molecule has 0 amide bonds. The molecular formula is C31H35ClN4. The second-order valence-electron chi connectivity index (χ2n) is 10.1. The number of hydrogen-bond acceptors (Lipinski definition) is 3. The molecule has 0 aliphatic carbocycles. The Morgan fingerprint density at radius 2 is 1.31 bits per heavy atom. The molecule has 0 radical (unpaired) electrons. The molecule has 2 heterocycles. The van der Waals surface area contributed by atoms with Crippen LogP contribution < -0.4 is 0 Å². The molecule has 1 aliphatic rings. The van der Waals surface area contributed by atoms with Crippen LogP contribution in [0.1, 0.15) is 48.4 Å². The molecule has 0 saturated carbocycles. The van der Waals surface area contributed by atoms with E-state index < -0.39 is 0 Å². The van der Waals surface area contributed by atoms with Crippen molar-refractivity contribution in [3.05, 3.63) is 112 Å². The predicted molar refractivity (Wildman–Crippen MR) is 149 cm³/mol. The van der Waals surface area contributed by atoms with Crippen LogP contribution in [0.15, 0.2) is 84.9 Å². The molecule has 4 nitrogen and oxygen atoms in total. The average molecular weight is 499 g/mol. The number of nitrogens with zero attached hydrogens (tertiary/aromatic N) is 3. The van der Waals surface area contributed by atoms with Gasteiger partial charge in [-0.3, -0.25) is 9.80 Å². The smallest absolute Gasteiger partial charge is 0.137 e. The number of halogens is 1. The maximum absolute atomic E-state index is 6.21. The van der Waals surface area contributed by atoms with Gasteiger partial charge >= 0.3 is 0 Å². The van der Waals surface area contributed by atoms with Crippen LogP contribution in [0.3, 0.4) is 0 Å². The summed E-state index contributed by atoms with van der Waals surface area (Å²) in [6.45, 7) is 10.8. The second-order valence-corrected chi connectivity index (χ2v) is 10.5. The molecule has 2 atom stereocenters. The van der Waals surface area contributed by atoms with E-state index in [4.69, 9.17) is 16.6 Å². The van der Waals surface area contributed by atoms with E-state index in [2.05, 4.69) is 102 Å². The molecule has 5 rings (SSSR count). The third-order valence-corrected chi connectivity index (χ3v) is 7.54. The van der Waals surface area contributed by atoms with E-state index in [-0.39, 0.29) is 12.1 Å². The molecular weight excluding hydrogens is 464 g/mol. The molecule has 1 saturated heterocycles. The molecule has 1 aromatic heterocycles. The number of nitrogens with one attached hydrogen (secondary N) is 1. The van der Waals surface area contributed by atoms with Gasteiger partial charge in [-0.2, -0.15) is 0 Å². The molecule has 5 heteroatoms. The first kappa shape index (κ1) is 24.8. The van der Waals surface area contributed by atoms with Gasteiger partial charge in [-0.25, -0.2) is 4.98 Å². The molecule has 186 valence electrons. The number of rotatable bonds is 7. The van der Waals surface area contributed by atoms with E-state index in [1.807, 2.05) is 18.2 Å². The lowest BCUT2D eigenvalue weighted by Crippen LogP contribution is -2.50. The fourth-order valence-corrected chi connectivity index (χ4v) is 5.70. The van der Waals surface area contributed by atoms with E-state index in [0.29, 0.717) is 5.92 Å². The fraction of sp³-hybridized carbons (Fsp3) is 0.323. The number of H-pyrrole nitrogens is 1. The van der Waals surface area contributed by atoms with Crippen LogP contribution in [0.25, 0.3) is 11.4 Å². The number of hydrogen-bond donors (Lipinski definition) is 1. The maximum atomic E-state index is 6.21. The monoisotopic (exact) mass is 498 g/mol. The summed E-state index contributed by atoms with van der Waals surface area (Å²) in [6, 6.07) is 30.1. The quantitative estimate of drug-likeness (QED) is 0.294. The van der Waals surface area contributed by atoms with E-state index >= 15 is 0 Å². The lowest BCUT2D eigenvalue weighted by atomic mass is 9.94. The largest absolute Gasteiger partial charge is 0.342 e. The second kappa shape index (κ2) is 11.0. The van der Waals surface area contributed by atoms with Gasteiger partial charge in [0.15, 0.2) is 0 Å². The van der Waals surface area contributed by atoms with Crippen LogP contribution in [0, 0.1) is 12.8 Å². The first-order valence-electron chi connectivity index (χ1n) is 12.9. The minimum Gasteiger partial charge on any atom is -0.342 e. The van der Waals surface area contributed by atoms with Crippen molar-refractivity contribution >= 4 is 11.6 Å². The van der Waals surface area contributed by atoms with Crippen molar-refractivity contribution in [3.63, 3.8) is 0 Å². The Labute approximate surface area is 219 Å². The van der Waals surface area contributed by atoms with Crippen molar-refractivity contribution < 1.29 is 0 Å². The van der Waals surface area contributed by atoms with E-state index in [0.717, 1.165) is 42.6 Å². The summed E-state index contributed by atoms with van der Waals surface area (Å²) in [5, 5.41) is 0.777. The van der Waals surface area contributed by atoms with Gasteiger partial charge in [0, 0.05) is 42.5 Å². The Balaban J connectivity index is 1.37. The molecule has 1 aliphatic heterocycles. The van der Waals surface area contributed by atoms with Crippen LogP contribution >= 0.6 is 11.6 Å². The zero-order valence-electron chi connectivity index (χ0n) is 21.4. The number of aromatic amines is 1. The van der Waals surface area contributed by atoms with Crippen LogP contribution in [0.4, 0.5) is 0 Å². The van der Waals surface area contributed by atoms with Crippen molar-refractivity contribution in [1.29, 1.82) is 0 Å². The highest BCUT2D eigenvalue weighted by atomic mass is 35.5. The third-order valence-electron chi connectivity index (χ3n) is 7.29. The van der Waals surface area contributed by atoms with Gasteiger partial charge in [-0.1, -0.05) is 98.2 Å². The molecule has 0 bridgehead atoms. The first-order chi connectivity index (χ1) is 17.5. The van der Waals surface area contributed by atoms with Crippen LogP contribution in [0.5, 0.6) is 0 Å². The summed E-state index contributed by atoms with van der Waals surface area (Å²) in [5.74, 6) is 1.42. The SMILES string of the molecule is Cc1[nH]c(-c2ccccc2)nc1C(C(C)C)N1CCN(C(c2ccccc2)c2ccc(Cl)cc2)CC1. The van der Waals surface area contributed by atoms with E-state index in [1.165, 1.54) is 22.5 Å². The molecule has 36 heavy (non-hydrogen) atoms. The number of piperazine rings is 1. The Morgan fingerprint density at radius 3 is 1.92 bits per heavy atom. The average Bonchev–Trinajstić information content (AvgIpc) is 3.28. The number of aryl methyl sites for hydroxylation is 1. The molecule has 4 aromatic rings.